The molecule has 0 aliphatic carbocycles. The van der Waals surface area contributed by atoms with Crippen molar-refractivity contribution in [3.05, 3.63) is 91.3 Å². The van der Waals surface area contributed by atoms with Crippen molar-refractivity contribution in [1.29, 1.82) is 0 Å². The number of fused-ring (bicyclic) bond motifs is 2. The predicted molar refractivity (Wildman–Crippen MR) is 128 cm³/mol. The Morgan fingerprint density at radius 3 is 2.62 bits per heavy atom. The minimum Gasteiger partial charge on any atom is -0.457 e. The summed E-state index contributed by atoms with van der Waals surface area (Å²) in [5.41, 5.74) is 2.45. The Hall–Kier alpha value is -3.49. The van der Waals surface area contributed by atoms with Crippen molar-refractivity contribution in [2.75, 3.05) is 0 Å². The molecule has 0 atom stereocenters. The lowest BCUT2D eigenvalue weighted by Gasteiger charge is -1.96. The van der Waals surface area contributed by atoms with Crippen molar-refractivity contribution < 1.29 is 8.83 Å². The van der Waals surface area contributed by atoms with Gasteiger partial charge in [-0.05, 0) is 37.3 Å². The van der Waals surface area contributed by atoms with E-state index in [1.165, 1.54) is 15.9 Å². The molecule has 0 fully saturated rings. The van der Waals surface area contributed by atoms with Crippen molar-refractivity contribution in [2.24, 2.45) is 0 Å². The number of hydrogen-bond acceptors (Lipinski definition) is 6. The lowest BCUT2D eigenvalue weighted by Crippen LogP contribution is -2.23. The minimum atomic E-state index is -0.237. The molecular weight excluding hydrogens is 490 g/mol. The van der Waals surface area contributed by atoms with E-state index in [9.17, 15) is 4.79 Å². The lowest BCUT2D eigenvalue weighted by atomic mass is 10.1. The normalized spacial score (nSPS) is 12.4. The quantitative estimate of drug-likeness (QED) is 0.321. The molecule has 0 amide bonds. The van der Waals surface area contributed by atoms with E-state index in [1.807, 2.05) is 67.6 Å². The molecule has 32 heavy (non-hydrogen) atoms. The summed E-state index contributed by atoms with van der Waals surface area (Å²) in [6.45, 7) is 1.97. The molecule has 156 valence electrons. The van der Waals surface area contributed by atoms with Gasteiger partial charge in [0.2, 0.25) is 10.8 Å². The molecule has 4 heterocycles. The molecule has 2 aromatic carbocycles. The molecule has 0 aliphatic heterocycles. The molecule has 6 aromatic rings. The van der Waals surface area contributed by atoms with E-state index >= 15 is 0 Å². The maximum Gasteiger partial charge on any atom is 0.291 e. The Balaban J connectivity index is 1.39. The summed E-state index contributed by atoms with van der Waals surface area (Å²) in [5, 5.41) is 5.43. The fraction of sp³-hybridized carbons (Fsp3) is 0.0417. The first-order valence-corrected chi connectivity index (χ1v) is 11.4. The van der Waals surface area contributed by atoms with Gasteiger partial charge in [-0.2, -0.15) is 9.50 Å². The van der Waals surface area contributed by atoms with Crippen molar-refractivity contribution in [3.63, 3.8) is 0 Å². The predicted octanol–water partition coefficient (Wildman–Crippen LogP) is 5.44. The summed E-state index contributed by atoms with van der Waals surface area (Å²) in [6, 6.07) is 19.4. The SMILES string of the molecule is Cc1c(-c2nc3sc(=Cc4ccc(-c5ccc(Br)cc5)o4)c(=O)n3n2)oc2ccccc12. The van der Waals surface area contributed by atoms with E-state index < -0.39 is 0 Å². The molecule has 0 aliphatic rings. The highest BCUT2D eigenvalue weighted by Gasteiger charge is 2.19. The Morgan fingerprint density at radius 2 is 1.84 bits per heavy atom. The number of para-hydroxylation sites is 1. The van der Waals surface area contributed by atoms with Gasteiger partial charge in [0.1, 0.15) is 21.6 Å². The number of benzene rings is 2. The topological polar surface area (TPSA) is 73.5 Å². The standard InChI is InChI=1S/C24H14BrN3O3S/c1-13-17-4-2-3-5-19(17)31-21(13)22-26-24-28(27-22)23(29)20(32-24)12-16-10-11-18(30-16)14-6-8-15(25)9-7-14/h2-12H,1H3. The second kappa shape index (κ2) is 7.29. The van der Waals surface area contributed by atoms with Crippen LogP contribution in [-0.4, -0.2) is 14.6 Å². The number of hydrogen-bond donors (Lipinski definition) is 0. The summed E-state index contributed by atoms with van der Waals surface area (Å²) < 4.78 is 14.7. The third-order valence-corrected chi connectivity index (χ3v) is 6.75. The van der Waals surface area contributed by atoms with Crippen LogP contribution in [0.15, 0.2) is 78.8 Å². The maximum absolute atomic E-state index is 12.9. The van der Waals surface area contributed by atoms with Crippen molar-refractivity contribution in [3.8, 4) is 22.9 Å². The Labute approximate surface area is 193 Å². The molecule has 0 N–H and O–H groups in total. The average Bonchev–Trinajstić information content (AvgIpc) is 3.55. The summed E-state index contributed by atoms with van der Waals surface area (Å²) in [4.78, 5) is 18.0. The third kappa shape index (κ3) is 3.11. The summed E-state index contributed by atoms with van der Waals surface area (Å²) in [5.74, 6) is 2.32. The third-order valence-electron chi connectivity index (χ3n) is 5.26. The highest BCUT2D eigenvalue weighted by Crippen LogP contribution is 2.31. The zero-order valence-electron chi connectivity index (χ0n) is 16.7. The van der Waals surface area contributed by atoms with Crippen molar-refractivity contribution in [1.82, 2.24) is 14.6 Å². The largest absolute Gasteiger partial charge is 0.457 e. The van der Waals surface area contributed by atoms with E-state index in [4.69, 9.17) is 8.83 Å². The van der Waals surface area contributed by atoms with Gasteiger partial charge in [0, 0.05) is 27.1 Å². The van der Waals surface area contributed by atoms with Crippen LogP contribution in [0.25, 0.3) is 44.9 Å². The second-order valence-electron chi connectivity index (χ2n) is 7.31. The molecule has 4 aromatic heterocycles. The van der Waals surface area contributed by atoms with Crippen LogP contribution < -0.4 is 10.1 Å². The van der Waals surface area contributed by atoms with Gasteiger partial charge in [-0.3, -0.25) is 4.79 Å². The van der Waals surface area contributed by atoms with Crippen LogP contribution >= 0.6 is 27.3 Å². The molecule has 0 bridgehead atoms. The van der Waals surface area contributed by atoms with Gasteiger partial charge in [0.05, 0.1) is 0 Å². The zero-order valence-corrected chi connectivity index (χ0v) is 19.1. The lowest BCUT2D eigenvalue weighted by molar-refractivity contribution is 0.571. The number of aromatic nitrogens is 3. The van der Waals surface area contributed by atoms with Crippen LogP contribution in [0.3, 0.4) is 0 Å². The molecule has 6 rings (SSSR count). The van der Waals surface area contributed by atoms with E-state index in [1.54, 1.807) is 6.08 Å². The van der Waals surface area contributed by atoms with Crippen LogP contribution in [0.1, 0.15) is 11.3 Å². The molecule has 6 nitrogen and oxygen atoms in total. The number of rotatable bonds is 3. The van der Waals surface area contributed by atoms with Crippen LogP contribution in [0.2, 0.25) is 0 Å². The first-order valence-electron chi connectivity index (χ1n) is 9.82. The number of halogens is 1. The monoisotopic (exact) mass is 503 g/mol. The minimum absolute atomic E-state index is 0.237. The first-order chi connectivity index (χ1) is 15.6. The molecule has 0 unspecified atom stereocenters. The van der Waals surface area contributed by atoms with E-state index in [0.717, 1.165) is 32.3 Å². The van der Waals surface area contributed by atoms with Gasteiger partial charge in [0.25, 0.3) is 5.56 Å². The van der Waals surface area contributed by atoms with Crippen molar-refractivity contribution >= 4 is 49.3 Å². The van der Waals surface area contributed by atoms with Gasteiger partial charge in [-0.1, -0.05) is 57.6 Å². The van der Waals surface area contributed by atoms with E-state index in [2.05, 4.69) is 26.0 Å². The fourth-order valence-corrected chi connectivity index (χ4v) is 4.80. The summed E-state index contributed by atoms with van der Waals surface area (Å²) in [6.07, 6.45) is 1.72. The van der Waals surface area contributed by atoms with Crippen LogP contribution in [0.5, 0.6) is 0 Å². The van der Waals surface area contributed by atoms with Crippen molar-refractivity contribution in [2.45, 2.75) is 6.92 Å². The Morgan fingerprint density at radius 1 is 1.03 bits per heavy atom. The van der Waals surface area contributed by atoms with E-state index in [0.29, 0.717) is 26.8 Å². The fourth-order valence-electron chi connectivity index (χ4n) is 3.65. The maximum atomic E-state index is 12.9. The molecular formula is C24H14BrN3O3S. The van der Waals surface area contributed by atoms with Crippen LogP contribution in [0.4, 0.5) is 0 Å². The molecule has 8 heteroatoms. The van der Waals surface area contributed by atoms with E-state index in [-0.39, 0.29) is 5.56 Å². The highest BCUT2D eigenvalue weighted by molar-refractivity contribution is 9.10. The van der Waals surface area contributed by atoms with Crippen LogP contribution in [0, 0.1) is 6.92 Å². The second-order valence-corrected chi connectivity index (χ2v) is 9.23. The molecule has 0 spiro atoms. The highest BCUT2D eigenvalue weighted by atomic mass is 79.9. The van der Waals surface area contributed by atoms with Gasteiger partial charge in [-0.15, -0.1) is 5.10 Å². The van der Waals surface area contributed by atoms with Crippen LogP contribution in [-0.2, 0) is 0 Å². The van der Waals surface area contributed by atoms with Gasteiger partial charge in [0.15, 0.2) is 5.76 Å². The smallest absolute Gasteiger partial charge is 0.291 e. The molecule has 0 radical (unpaired) electrons. The number of thiazole rings is 1. The van der Waals surface area contributed by atoms with Gasteiger partial charge >= 0.3 is 0 Å². The van der Waals surface area contributed by atoms with Gasteiger partial charge < -0.3 is 8.83 Å². The summed E-state index contributed by atoms with van der Waals surface area (Å²) >= 11 is 4.70. The average molecular weight is 504 g/mol. The zero-order chi connectivity index (χ0) is 21.8. The van der Waals surface area contributed by atoms with Gasteiger partial charge in [-0.25, -0.2) is 0 Å². The molecule has 0 saturated carbocycles. The number of furan rings is 2. The number of nitrogens with zero attached hydrogens (tertiary/aromatic N) is 3. The Bertz CT molecular complexity index is 1720. The first kappa shape index (κ1) is 19.2. The Kier molecular flexibility index (Phi) is 4.38. The number of aryl methyl sites for hydroxylation is 1. The summed E-state index contributed by atoms with van der Waals surface area (Å²) in [7, 11) is 0. The molecule has 0 saturated heterocycles.